The number of aliphatic hydroxyl groups is 5. The summed E-state index contributed by atoms with van der Waals surface area (Å²) in [6, 6.07) is 22.6. The number of carboxylic acids is 4. The maximum atomic E-state index is 12.9. The summed E-state index contributed by atoms with van der Waals surface area (Å²) in [7, 11) is -13.4. The van der Waals surface area contributed by atoms with E-state index in [1.165, 1.54) is 139 Å². The van der Waals surface area contributed by atoms with Crippen LogP contribution in [0.25, 0.3) is 28.8 Å². The average Bonchev–Trinajstić information content (AvgIpc) is 1.32. The fourth-order valence-electron chi connectivity index (χ4n) is 13.7. The van der Waals surface area contributed by atoms with Gasteiger partial charge in [0.25, 0.3) is 79.7 Å². The molecule has 5 aliphatic rings. The quantitative estimate of drug-likeness (QED) is 0.0224. The number of sulfonamides is 5. The van der Waals surface area contributed by atoms with Gasteiger partial charge < -0.3 is 51.7 Å². The molecule has 0 atom stereocenters. The number of aromatic nitrogens is 5. The molecule has 780 valence electrons. The monoisotopic (exact) mass is 2220 g/mol. The van der Waals surface area contributed by atoms with Crippen LogP contribution in [0.2, 0.25) is 0 Å². The Kier molecular flexibility index (Phi) is 37.3. The Morgan fingerprint density at radius 3 is 0.939 bits per heavy atom. The van der Waals surface area contributed by atoms with Gasteiger partial charge in [-0.25, -0.2) is 67.0 Å². The third-order valence-corrected chi connectivity index (χ3v) is 34.1. The molecule has 5 aromatic heterocycles. The van der Waals surface area contributed by atoms with Gasteiger partial charge in [0.15, 0.2) is 106 Å². The van der Waals surface area contributed by atoms with Gasteiger partial charge >= 0.3 is 23.9 Å². The maximum Gasteiger partial charge on any atom is 0.303 e. The molecule has 0 radical (unpaired) electrons. The van der Waals surface area contributed by atoms with Gasteiger partial charge in [-0.2, -0.15) is 0 Å². The van der Waals surface area contributed by atoms with Crippen LogP contribution in [0.15, 0.2) is 181 Å². The van der Waals surface area contributed by atoms with E-state index in [0.717, 1.165) is 92.9 Å². The second kappa shape index (κ2) is 47.6. The number of aryl methyl sites for hydroxylation is 5. The van der Waals surface area contributed by atoms with E-state index in [2.05, 4.69) is 57.2 Å². The Hall–Kier alpha value is -15.4. The summed E-state index contributed by atoms with van der Waals surface area (Å²) in [6.07, 6.45) is 3.36. The van der Waals surface area contributed by atoms with E-state index in [-0.39, 0.29) is 139 Å². The molecule has 58 heteroatoms. The summed E-state index contributed by atoms with van der Waals surface area (Å²) < 4.78 is 131. The van der Waals surface area contributed by atoms with Crippen molar-refractivity contribution in [3.63, 3.8) is 0 Å². The summed E-state index contributed by atoms with van der Waals surface area (Å²) in [4.78, 5) is 178. The van der Waals surface area contributed by atoms with Crippen molar-refractivity contribution in [3.05, 3.63) is 231 Å². The van der Waals surface area contributed by atoms with Crippen LogP contribution in [0, 0.1) is 34.6 Å². The van der Waals surface area contributed by atoms with Crippen LogP contribution in [-0.4, -0.2) is 253 Å². The minimum atomic E-state index is -4.25. The highest BCUT2D eigenvalue weighted by atomic mass is 32.2. The highest BCUT2D eigenvalue weighted by molar-refractivity contribution is 7.90. The summed E-state index contributed by atoms with van der Waals surface area (Å²) in [6.45, 7) is 12.8. The molecule has 5 aliphatic heterocycles. The van der Waals surface area contributed by atoms with E-state index < -0.39 is 192 Å². The molecule has 0 aliphatic carbocycles. The first-order chi connectivity index (χ1) is 68.9. The van der Waals surface area contributed by atoms with Gasteiger partial charge in [0.1, 0.15) is 5.69 Å². The summed E-state index contributed by atoms with van der Waals surface area (Å²) in [5.41, 5.74) is 1.39. The van der Waals surface area contributed by atoms with Crippen LogP contribution in [0.5, 0.6) is 0 Å². The van der Waals surface area contributed by atoms with Crippen molar-refractivity contribution < 1.29 is 150 Å². The molecule has 0 bridgehead atoms. The Bertz CT molecular complexity index is 7810. The zero-order valence-corrected chi connectivity index (χ0v) is 87.5. The maximum absolute atomic E-state index is 12.9. The molecule has 48 nitrogen and oxygen atoms in total. The van der Waals surface area contributed by atoms with Crippen LogP contribution in [0.4, 0.5) is 25.7 Å². The van der Waals surface area contributed by atoms with E-state index in [1.807, 2.05) is 20.8 Å². The standard InChI is InChI=1S/4C18H17N3O7S2.C14H13N3O4S2.C2H6.CH5N/c1-9-8-19-18(29-9)20-17(26)15-16(25)11-7-10(12(22)4-6-14(23)24)3-5-13(11)30(27,28)21(15)2;1-9-8-19-18(29-9)20-17(26)15-16(25)11-4-3-10(12(22)5-6-14(23)24)7-13(11)30(27,28)21(15)2;1-9-8-19-18(29-9)20-17(26)15-16(25)14-10(11(22)6-7-13(23)24)4-3-5-12(14)30(27,28)21(15)2;1-9-14(11(22)7-8-13(23)24)19-18(29-9)20-17(26)15-16(25)10-5-3-4-6-12(10)30(27,28)21(15)2;1-8-7-15-14(22-8)16-13(19)11-12(18)9-5-3-4-6-10(9)23(20,21)17(11)2;2*1-2/h3,5,7-8,25H,4,6H2,1-2H3,(H,23,24)(H,19,20,26);3-4,7-8,25H,5-6H2,1-2H3,(H,23,24)(H,19,20,26);3-5,8,25H,6-7H2,1-2H3,(H,23,24)(H,19,20,26);3-6,25H,7-8H2,1-2H3,(H,23,24)(H,19,20,26);3-7,18H,1-2H3,(H,15,16,19);1-2H3;2H2,1H3. The molecule has 0 fully saturated rings. The number of fused-ring (bicyclic) bond motifs is 5. The first-order valence-corrected chi connectivity index (χ1v) is 53.8. The number of thiazole rings is 5. The number of hydrogen-bond acceptors (Lipinski definition) is 39. The van der Waals surface area contributed by atoms with E-state index >= 15 is 0 Å². The highest BCUT2D eigenvalue weighted by Crippen LogP contribution is 2.43. The molecule has 5 aromatic carbocycles. The second-order valence-electron chi connectivity index (χ2n) is 30.5. The van der Waals surface area contributed by atoms with E-state index in [9.17, 15) is 130 Å². The van der Waals surface area contributed by atoms with Crippen molar-refractivity contribution >= 4 is 238 Å². The number of likely N-dealkylation sites (N-methyl/N-ethyl adjacent to an activating group) is 5. The number of carbonyl (C=O) groups is 13. The number of carboxylic acid groups (broad SMARTS) is 4. The molecule has 0 spiro atoms. The zero-order chi connectivity index (χ0) is 110. The lowest BCUT2D eigenvalue weighted by atomic mass is 9.98. The van der Waals surface area contributed by atoms with Crippen LogP contribution >= 0.6 is 56.7 Å². The molecule has 147 heavy (non-hydrogen) atoms. The zero-order valence-electron chi connectivity index (χ0n) is 79.3. The Morgan fingerprint density at radius 1 is 0.313 bits per heavy atom. The normalized spacial score (nSPS) is 14.8. The smallest absolute Gasteiger partial charge is 0.303 e. The van der Waals surface area contributed by atoms with E-state index in [1.54, 1.807) is 46.0 Å². The number of Topliss-reactive ketones (excluding diaryl/α,β-unsaturated/α-hetero) is 4. The SMILES string of the molecule is CC.CN.Cc1cnc(NC(=O)C2=C(O)c3c(C(=O)CCC(=O)O)cccc3S(=O)(=O)N2C)s1.Cc1cnc(NC(=O)C2=C(O)c3cc(C(=O)CCC(=O)O)ccc3S(=O)(=O)N2C)s1.Cc1cnc(NC(=O)C2=C(O)c3ccc(C(=O)CCC(=O)O)cc3S(=O)(=O)N2C)s1.Cc1cnc(NC(=O)C2=C(O)c3ccccc3S(=O)(=O)N2C)s1.Cc1sc(NC(=O)C2=C(O)c3ccccc3S(=O)(=O)N2C)nc1C(=O)CCC(=O)O. The van der Waals surface area contributed by atoms with Crippen LogP contribution in [-0.2, 0) is 93.3 Å². The minimum Gasteiger partial charge on any atom is -0.505 e. The van der Waals surface area contributed by atoms with Crippen LogP contribution in [0.1, 0.15) is 159 Å². The molecule has 15 rings (SSSR count). The highest BCUT2D eigenvalue weighted by Gasteiger charge is 2.45. The van der Waals surface area contributed by atoms with Crippen molar-refractivity contribution in [1.29, 1.82) is 0 Å². The fraction of sp³-hybridized carbons (Fsp3) is 0.236. The van der Waals surface area contributed by atoms with Gasteiger partial charge in [-0.15, -0.1) is 56.7 Å². The predicted octanol–water partition coefficient (Wildman–Crippen LogP) is 10.5. The number of hydrogen-bond donors (Lipinski definition) is 15. The Balaban J connectivity index is 0.000000203. The van der Waals surface area contributed by atoms with E-state index in [0.29, 0.717) is 27.2 Å². The van der Waals surface area contributed by atoms with Gasteiger partial charge in [-0.05, 0) is 96.3 Å². The van der Waals surface area contributed by atoms with Gasteiger partial charge in [0, 0.05) is 149 Å². The van der Waals surface area contributed by atoms with Crippen molar-refractivity contribution in [2.24, 2.45) is 5.73 Å². The van der Waals surface area contributed by atoms with Crippen molar-refractivity contribution in [3.8, 4) is 0 Å². The van der Waals surface area contributed by atoms with Crippen molar-refractivity contribution in [2.45, 2.75) is 124 Å². The lowest BCUT2D eigenvalue weighted by Gasteiger charge is -2.29. The number of benzene rings is 5. The second-order valence-corrected chi connectivity index (χ2v) is 46.3. The molecule has 0 saturated carbocycles. The van der Waals surface area contributed by atoms with Gasteiger partial charge in [0.05, 0.1) is 55.7 Å². The first kappa shape index (κ1) is 115. The van der Waals surface area contributed by atoms with Crippen molar-refractivity contribution in [2.75, 3.05) is 68.9 Å². The summed E-state index contributed by atoms with van der Waals surface area (Å²) in [5, 5.41) is 101. The number of nitrogens with two attached hydrogens (primary N) is 1. The third kappa shape index (κ3) is 25.6. The number of aliphatic hydroxyl groups excluding tert-OH is 5. The molecular weight excluding hydrogens is 2130 g/mol. The largest absolute Gasteiger partial charge is 0.505 e. The number of amides is 5. The molecule has 10 heterocycles. The number of nitrogens with zero attached hydrogens (tertiary/aromatic N) is 10. The fourth-order valence-corrected chi connectivity index (χ4v) is 24.2. The van der Waals surface area contributed by atoms with Gasteiger partial charge in [0.2, 0.25) is 0 Å². The molecule has 16 N–H and O–H groups in total. The number of rotatable bonds is 26. The lowest BCUT2D eigenvalue weighted by Crippen LogP contribution is -2.37. The summed E-state index contributed by atoms with van der Waals surface area (Å²) >= 11 is 5.75. The predicted molar refractivity (Wildman–Crippen MR) is 538 cm³/mol. The minimum absolute atomic E-state index is 0.000562. The Labute approximate surface area is 858 Å². The molecular formula is C89H92N16O32S10. The van der Waals surface area contributed by atoms with Gasteiger partial charge in [-0.1, -0.05) is 62.4 Å². The van der Waals surface area contributed by atoms with E-state index in [4.69, 9.17) is 20.4 Å². The molecule has 0 unspecified atom stereocenters. The van der Waals surface area contributed by atoms with Crippen LogP contribution in [0.3, 0.4) is 0 Å². The number of anilines is 5. The molecule has 0 saturated heterocycles. The molecule has 10 aromatic rings. The number of carbonyl (C=O) groups excluding carboxylic acids is 9. The average molecular weight is 2220 g/mol. The molecule has 5 amide bonds. The van der Waals surface area contributed by atoms with Crippen molar-refractivity contribution in [1.82, 2.24) is 46.4 Å². The van der Waals surface area contributed by atoms with Crippen LogP contribution < -0.4 is 32.3 Å². The first-order valence-electron chi connectivity index (χ1n) is 42.5. The lowest BCUT2D eigenvalue weighted by molar-refractivity contribution is -0.137. The summed E-state index contributed by atoms with van der Waals surface area (Å²) in [5.74, 6) is -14.0. The number of ketones is 4. The Morgan fingerprint density at radius 2 is 0.592 bits per heavy atom. The van der Waals surface area contributed by atoms with Gasteiger partial charge in [-0.3, -0.25) is 110 Å². The topological polar surface area (TPSA) is 742 Å². The third-order valence-electron chi connectivity index (χ3n) is 20.8. The number of aliphatic carboxylic acids is 4. The number of nitrogens with one attached hydrogen (secondary N) is 5.